The fraction of sp³-hybridized carbons (Fsp3) is 0.538. The Morgan fingerprint density at radius 1 is 1.18 bits per heavy atom. The SMILES string of the molecule is Cc1ccc(C(=O)N[C@H]2CCCC[C@@H]2O[Si](C)(C)C(C)(C)C)cc1NCc1ccc(N)nc1. The van der Waals surface area contributed by atoms with Gasteiger partial charge in [-0.3, -0.25) is 4.79 Å². The van der Waals surface area contributed by atoms with E-state index in [9.17, 15) is 4.79 Å². The molecule has 6 nitrogen and oxygen atoms in total. The van der Waals surface area contributed by atoms with Crippen LogP contribution in [0.3, 0.4) is 0 Å². The van der Waals surface area contributed by atoms with Crippen molar-refractivity contribution in [2.75, 3.05) is 11.1 Å². The molecule has 0 unspecified atom stereocenters. The second-order valence-corrected chi connectivity index (χ2v) is 15.5. The first-order valence-corrected chi connectivity index (χ1v) is 14.9. The number of nitrogen functional groups attached to an aromatic ring is 1. The van der Waals surface area contributed by atoms with Crippen LogP contribution in [0.2, 0.25) is 18.1 Å². The summed E-state index contributed by atoms with van der Waals surface area (Å²) >= 11 is 0. The van der Waals surface area contributed by atoms with Crippen LogP contribution in [0, 0.1) is 6.92 Å². The summed E-state index contributed by atoms with van der Waals surface area (Å²) in [6.45, 7) is 14.0. The molecular formula is C26H40N4O2Si. The highest BCUT2D eigenvalue weighted by molar-refractivity contribution is 6.74. The zero-order chi connectivity index (χ0) is 24.2. The fourth-order valence-corrected chi connectivity index (χ4v) is 5.29. The van der Waals surface area contributed by atoms with E-state index in [1.807, 2.05) is 31.2 Å². The third-order valence-electron chi connectivity index (χ3n) is 7.10. The summed E-state index contributed by atoms with van der Waals surface area (Å²) in [5, 5.41) is 6.87. The lowest BCUT2D eigenvalue weighted by Crippen LogP contribution is -2.52. The lowest BCUT2D eigenvalue weighted by molar-refractivity contribution is 0.0756. The van der Waals surface area contributed by atoms with E-state index in [1.165, 1.54) is 0 Å². The second-order valence-electron chi connectivity index (χ2n) is 10.8. The molecule has 180 valence electrons. The van der Waals surface area contributed by atoms with Crippen LogP contribution in [0.4, 0.5) is 11.5 Å². The molecule has 1 amide bonds. The Hall–Kier alpha value is -2.38. The zero-order valence-corrected chi connectivity index (χ0v) is 22.0. The fourth-order valence-electron chi connectivity index (χ4n) is 3.90. The van der Waals surface area contributed by atoms with Crippen molar-refractivity contribution >= 4 is 25.7 Å². The van der Waals surface area contributed by atoms with Crippen LogP contribution < -0.4 is 16.4 Å². The average Bonchev–Trinajstić information content (AvgIpc) is 2.74. The van der Waals surface area contributed by atoms with Gasteiger partial charge in [-0.2, -0.15) is 0 Å². The Balaban J connectivity index is 1.68. The summed E-state index contributed by atoms with van der Waals surface area (Å²) in [5.74, 6) is 0.468. The Kier molecular flexibility index (Phi) is 7.85. The average molecular weight is 469 g/mol. The molecule has 0 spiro atoms. The number of amides is 1. The van der Waals surface area contributed by atoms with Crippen LogP contribution in [-0.2, 0) is 11.0 Å². The van der Waals surface area contributed by atoms with Gasteiger partial charge in [-0.1, -0.05) is 45.7 Å². The quantitative estimate of drug-likeness (QED) is 0.457. The third-order valence-corrected chi connectivity index (χ3v) is 11.6. The molecule has 1 aromatic heterocycles. The minimum absolute atomic E-state index is 0.0390. The van der Waals surface area contributed by atoms with Crippen molar-refractivity contribution in [2.45, 2.75) is 90.2 Å². The predicted octanol–water partition coefficient (Wildman–Crippen LogP) is 5.65. The zero-order valence-electron chi connectivity index (χ0n) is 21.0. The highest BCUT2D eigenvalue weighted by atomic mass is 28.4. The summed E-state index contributed by atoms with van der Waals surface area (Å²) in [5.41, 5.74) is 9.40. The van der Waals surface area contributed by atoms with Crippen molar-refractivity contribution in [1.82, 2.24) is 10.3 Å². The summed E-state index contributed by atoms with van der Waals surface area (Å²) in [4.78, 5) is 17.3. The molecule has 0 aliphatic heterocycles. The molecule has 33 heavy (non-hydrogen) atoms. The number of rotatable bonds is 7. The van der Waals surface area contributed by atoms with E-state index in [0.717, 1.165) is 42.5 Å². The van der Waals surface area contributed by atoms with Gasteiger partial charge in [0.15, 0.2) is 8.32 Å². The number of carbonyl (C=O) groups excluding carboxylic acids is 1. The molecule has 1 aliphatic carbocycles. The Morgan fingerprint density at radius 2 is 1.91 bits per heavy atom. The van der Waals surface area contributed by atoms with Crippen molar-refractivity contribution in [3.63, 3.8) is 0 Å². The van der Waals surface area contributed by atoms with Crippen molar-refractivity contribution in [3.05, 3.63) is 53.2 Å². The normalized spacial score (nSPS) is 19.2. The lowest BCUT2D eigenvalue weighted by atomic mass is 9.92. The van der Waals surface area contributed by atoms with Gasteiger partial charge in [0.2, 0.25) is 0 Å². The number of anilines is 2. The number of nitrogens with zero attached hydrogens (tertiary/aromatic N) is 1. The number of hydrogen-bond donors (Lipinski definition) is 3. The first kappa shape index (κ1) is 25.2. The number of carbonyl (C=O) groups is 1. The number of aromatic nitrogens is 1. The van der Waals surface area contributed by atoms with Crippen LogP contribution >= 0.6 is 0 Å². The molecule has 1 heterocycles. The minimum atomic E-state index is -1.90. The number of nitrogens with one attached hydrogen (secondary N) is 2. The van der Waals surface area contributed by atoms with E-state index in [2.05, 4.69) is 49.5 Å². The van der Waals surface area contributed by atoms with E-state index in [4.69, 9.17) is 10.2 Å². The number of aryl methyl sites for hydroxylation is 1. The maximum Gasteiger partial charge on any atom is 0.251 e. The van der Waals surface area contributed by atoms with E-state index < -0.39 is 8.32 Å². The lowest BCUT2D eigenvalue weighted by Gasteiger charge is -2.43. The van der Waals surface area contributed by atoms with Crippen molar-refractivity contribution in [1.29, 1.82) is 0 Å². The summed E-state index contributed by atoms with van der Waals surface area (Å²) < 4.78 is 6.73. The number of benzene rings is 1. The maximum absolute atomic E-state index is 13.2. The molecule has 7 heteroatoms. The molecule has 0 saturated heterocycles. The van der Waals surface area contributed by atoms with Crippen LogP contribution in [0.15, 0.2) is 36.5 Å². The monoisotopic (exact) mass is 468 g/mol. The molecule has 2 aromatic rings. The molecule has 3 rings (SSSR count). The molecule has 1 saturated carbocycles. The molecule has 0 bridgehead atoms. The Labute approximate surface area is 199 Å². The van der Waals surface area contributed by atoms with Crippen molar-refractivity contribution in [3.8, 4) is 0 Å². The topological polar surface area (TPSA) is 89.3 Å². The van der Waals surface area contributed by atoms with Gasteiger partial charge < -0.3 is 20.8 Å². The number of nitrogens with two attached hydrogens (primary N) is 1. The van der Waals surface area contributed by atoms with Gasteiger partial charge in [0.05, 0.1) is 12.1 Å². The molecule has 2 atom stereocenters. The number of pyridine rings is 1. The summed E-state index contributed by atoms with van der Waals surface area (Å²) in [6, 6.07) is 9.62. The predicted molar refractivity (Wildman–Crippen MR) is 139 cm³/mol. The maximum atomic E-state index is 13.2. The molecule has 1 fully saturated rings. The third kappa shape index (κ3) is 6.57. The van der Waals surface area contributed by atoms with Crippen molar-refractivity contribution in [2.24, 2.45) is 0 Å². The van der Waals surface area contributed by atoms with E-state index in [-0.39, 0.29) is 23.1 Å². The van der Waals surface area contributed by atoms with E-state index in [0.29, 0.717) is 17.9 Å². The van der Waals surface area contributed by atoms with E-state index in [1.54, 1.807) is 12.3 Å². The van der Waals surface area contributed by atoms with Gasteiger partial charge >= 0.3 is 0 Å². The van der Waals surface area contributed by atoms with Gasteiger partial charge in [-0.15, -0.1) is 0 Å². The summed E-state index contributed by atoms with van der Waals surface area (Å²) in [6.07, 6.45) is 6.10. The first-order chi connectivity index (χ1) is 15.5. The Morgan fingerprint density at radius 3 is 2.58 bits per heavy atom. The first-order valence-electron chi connectivity index (χ1n) is 12.0. The van der Waals surface area contributed by atoms with Gasteiger partial charge in [0.25, 0.3) is 5.91 Å². The standard InChI is InChI=1S/C26H40N4O2Si/c1-18-11-13-20(15-22(18)28-16-19-12-14-24(27)29-17-19)25(31)30-21-9-7-8-10-23(21)32-33(5,6)26(2,3)4/h11-15,17,21,23,28H,7-10,16H2,1-6H3,(H2,27,29)(H,30,31)/t21-,23-/m0/s1. The molecule has 1 aliphatic rings. The molecule has 4 N–H and O–H groups in total. The van der Waals surface area contributed by atoms with Gasteiger partial charge in [-0.25, -0.2) is 4.98 Å². The van der Waals surface area contributed by atoms with Crippen LogP contribution in [0.25, 0.3) is 0 Å². The highest BCUT2D eigenvalue weighted by Crippen LogP contribution is 2.39. The number of hydrogen-bond acceptors (Lipinski definition) is 5. The molecule has 1 aromatic carbocycles. The van der Waals surface area contributed by atoms with Gasteiger partial charge in [-0.05, 0) is 67.2 Å². The Bertz CT molecular complexity index is 954. The minimum Gasteiger partial charge on any atom is -0.412 e. The molecule has 0 radical (unpaired) electrons. The van der Waals surface area contributed by atoms with Gasteiger partial charge in [0.1, 0.15) is 5.82 Å². The second kappa shape index (κ2) is 10.3. The largest absolute Gasteiger partial charge is 0.412 e. The van der Waals surface area contributed by atoms with Crippen LogP contribution in [0.5, 0.6) is 0 Å². The van der Waals surface area contributed by atoms with Crippen molar-refractivity contribution < 1.29 is 9.22 Å². The van der Waals surface area contributed by atoms with Gasteiger partial charge in [0, 0.05) is 24.0 Å². The molecular weight excluding hydrogens is 428 g/mol. The van der Waals surface area contributed by atoms with E-state index >= 15 is 0 Å². The van der Waals surface area contributed by atoms with Crippen LogP contribution in [0.1, 0.15) is 67.9 Å². The highest BCUT2D eigenvalue weighted by Gasteiger charge is 2.41. The van der Waals surface area contributed by atoms with Crippen LogP contribution in [-0.4, -0.2) is 31.4 Å². The smallest absolute Gasteiger partial charge is 0.251 e. The summed E-state index contributed by atoms with van der Waals surface area (Å²) in [7, 11) is -1.90.